The van der Waals surface area contributed by atoms with Crippen LogP contribution in [0.4, 0.5) is 5.82 Å². The number of hydrogen-bond acceptors (Lipinski definition) is 3. The van der Waals surface area contributed by atoms with Crippen molar-refractivity contribution < 1.29 is 4.79 Å². The first-order valence-corrected chi connectivity index (χ1v) is 5.80. The number of nitrogens with zero attached hydrogens (tertiary/aromatic N) is 2. The average molecular weight is 222 g/mol. The van der Waals surface area contributed by atoms with Crippen molar-refractivity contribution in [2.75, 3.05) is 18.8 Å². The third-order valence-corrected chi connectivity index (χ3v) is 3.28. The van der Waals surface area contributed by atoms with Crippen molar-refractivity contribution in [3.8, 4) is 0 Å². The molecule has 16 heavy (non-hydrogen) atoms. The molecule has 0 bridgehead atoms. The molecule has 1 aromatic heterocycles. The smallest absolute Gasteiger partial charge is 0.259 e. The van der Waals surface area contributed by atoms with Gasteiger partial charge >= 0.3 is 0 Å². The van der Waals surface area contributed by atoms with Crippen LogP contribution in [0.5, 0.6) is 0 Å². The van der Waals surface area contributed by atoms with E-state index in [1.165, 1.54) is 12.6 Å². The van der Waals surface area contributed by atoms with Gasteiger partial charge in [-0.3, -0.25) is 9.89 Å². The second-order valence-corrected chi connectivity index (χ2v) is 4.37. The number of H-pyrrole nitrogens is 1. The highest BCUT2D eigenvalue weighted by Gasteiger charge is 2.25. The lowest BCUT2D eigenvalue weighted by molar-refractivity contribution is 0.0672. The van der Waals surface area contributed by atoms with Gasteiger partial charge in [-0.25, -0.2) is 0 Å². The summed E-state index contributed by atoms with van der Waals surface area (Å²) in [5.74, 6) is 0.999. The Morgan fingerprint density at radius 3 is 3.19 bits per heavy atom. The van der Waals surface area contributed by atoms with E-state index in [4.69, 9.17) is 5.73 Å². The van der Waals surface area contributed by atoms with Crippen LogP contribution in [0.25, 0.3) is 0 Å². The number of nitrogens with two attached hydrogens (primary N) is 1. The SMILES string of the molecule is CCC1CCCN(C(=O)c2cn[nH]c2N)C1. The van der Waals surface area contributed by atoms with Gasteiger partial charge in [-0.05, 0) is 18.8 Å². The highest BCUT2D eigenvalue weighted by atomic mass is 16.2. The van der Waals surface area contributed by atoms with Crippen LogP contribution in [0, 0.1) is 5.92 Å². The van der Waals surface area contributed by atoms with Crippen LogP contribution in [0.1, 0.15) is 36.5 Å². The van der Waals surface area contributed by atoms with Crippen molar-refractivity contribution in [2.45, 2.75) is 26.2 Å². The van der Waals surface area contributed by atoms with Crippen LogP contribution in [0.2, 0.25) is 0 Å². The van der Waals surface area contributed by atoms with Crippen molar-refractivity contribution in [3.05, 3.63) is 11.8 Å². The zero-order chi connectivity index (χ0) is 11.5. The van der Waals surface area contributed by atoms with E-state index in [9.17, 15) is 4.79 Å². The van der Waals surface area contributed by atoms with Gasteiger partial charge in [-0.1, -0.05) is 13.3 Å². The Labute approximate surface area is 95.0 Å². The molecule has 1 atom stereocenters. The lowest BCUT2D eigenvalue weighted by atomic mass is 9.95. The number of nitrogen functional groups attached to an aromatic ring is 1. The van der Waals surface area contributed by atoms with E-state index in [0.29, 0.717) is 17.3 Å². The van der Waals surface area contributed by atoms with Gasteiger partial charge in [0, 0.05) is 13.1 Å². The van der Waals surface area contributed by atoms with Crippen LogP contribution >= 0.6 is 0 Å². The molecule has 5 heteroatoms. The lowest BCUT2D eigenvalue weighted by Crippen LogP contribution is -2.39. The van der Waals surface area contributed by atoms with E-state index >= 15 is 0 Å². The molecule has 1 amide bonds. The number of amides is 1. The predicted molar refractivity (Wildman–Crippen MR) is 61.9 cm³/mol. The highest BCUT2D eigenvalue weighted by molar-refractivity contribution is 5.98. The fourth-order valence-corrected chi connectivity index (χ4v) is 2.22. The minimum absolute atomic E-state index is 0.00407. The average Bonchev–Trinajstić information content (AvgIpc) is 2.74. The van der Waals surface area contributed by atoms with Gasteiger partial charge in [0.05, 0.1) is 6.20 Å². The number of anilines is 1. The maximum Gasteiger partial charge on any atom is 0.259 e. The molecule has 0 spiro atoms. The molecule has 88 valence electrons. The quantitative estimate of drug-likeness (QED) is 0.790. The third kappa shape index (κ3) is 2.03. The van der Waals surface area contributed by atoms with Crippen LogP contribution in [-0.2, 0) is 0 Å². The summed E-state index contributed by atoms with van der Waals surface area (Å²) in [5.41, 5.74) is 6.15. The Morgan fingerprint density at radius 1 is 1.75 bits per heavy atom. The predicted octanol–water partition coefficient (Wildman–Crippen LogP) is 1.25. The molecule has 1 fully saturated rings. The lowest BCUT2D eigenvalue weighted by Gasteiger charge is -2.32. The number of aromatic nitrogens is 2. The molecule has 5 nitrogen and oxygen atoms in total. The first-order chi connectivity index (χ1) is 7.72. The molecule has 2 rings (SSSR count). The summed E-state index contributed by atoms with van der Waals surface area (Å²) in [6, 6.07) is 0. The van der Waals surface area contributed by atoms with Crippen molar-refractivity contribution >= 4 is 11.7 Å². The first kappa shape index (κ1) is 11.0. The van der Waals surface area contributed by atoms with Crippen LogP contribution in [0.3, 0.4) is 0 Å². The van der Waals surface area contributed by atoms with Crippen LogP contribution in [-0.4, -0.2) is 34.1 Å². The number of rotatable bonds is 2. The summed E-state index contributed by atoms with van der Waals surface area (Å²) < 4.78 is 0. The zero-order valence-electron chi connectivity index (χ0n) is 9.57. The molecule has 1 aromatic rings. The van der Waals surface area contributed by atoms with Crippen molar-refractivity contribution in [3.63, 3.8) is 0 Å². The molecule has 0 aromatic carbocycles. The Balaban J connectivity index is 2.07. The van der Waals surface area contributed by atoms with E-state index < -0.39 is 0 Å². The molecule has 1 saturated heterocycles. The Kier molecular flexibility index (Phi) is 3.12. The molecule has 1 unspecified atom stereocenters. The van der Waals surface area contributed by atoms with Gasteiger partial charge in [-0.2, -0.15) is 5.10 Å². The molecule has 1 aliphatic heterocycles. The van der Waals surface area contributed by atoms with Crippen LogP contribution < -0.4 is 5.73 Å². The van der Waals surface area contributed by atoms with E-state index in [0.717, 1.165) is 25.9 Å². The second kappa shape index (κ2) is 4.55. The Bertz CT molecular complexity index is 374. The molecule has 1 aliphatic rings. The van der Waals surface area contributed by atoms with E-state index in [1.54, 1.807) is 0 Å². The van der Waals surface area contributed by atoms with Crippen molar-refractivity contribution in [2.24, 2.45) is 5.92 Å². The fourth-order valence-electron chi connectivity index (χ4n) is 2.22. The standard InChI is InChI=1S/C11H18N4O/c1-2-8-4-3-5-15(7-8)11(16)9-6-13-14-10(9)12/h6,8H,2-5,7H2,1H3,(H3,12,13,14). The normalized spacial score (nSPS) is 21.1. The minimum Gasteiger partial charge on any atom is -0.383 e. The van der Waals surface area contributed by atoms with Gasteiger partial charge in [0.1, 0.15) is 11.4 Å². The number of piperidine rings is 1. The number of nitrogens with one attached hydrogen (secondary N) is 1. The summed E-state index contributed by atoms with van der Waals surface area (Å²) in [5, 5.41) is 6.37. The summed E-state index contributed by atoms with van der Waals surface area (Å²) in [6.45, 7) is 3.85. The van der Waals surface area contributed by atoms with Crippen LogP contribution in [0.15, 0.2) is 6.20 Å². The number of carbonyl (C=O) groups is 1. The molecule has 0 aliphatic carbocycles. The zero-order valence-corrected chi connectivity index (χ0v) is 9.57. The van der Waals surface area contributed by atoms with E-state index in [1.807, 2.05) is 4.90 Å². The molecule has 2 heterocycles. The van der Waals surface area contributed by atoms with Gasteiger partial charge in [0.25, 0.3) is 5.91 Å². The third-order valence-electron chi connectivity index (χ3n) is 3.28. The summed E-state index contributed by atoms with van der Waals surface area (Å²) in [6.07, 6.45) is 4.95. The first-order valence-electron chi connectivity index (χ1n) is 5.80. The second-order valence-electron chi connectivity index (χ2n) is 4.37. The molecule has 0 saturated carbocycles. The van der Waals surface area contributed by atoms with Crippen molar-refractivity contribution in [1.29, 1.82) is 0 Å². The number of hydrogen-bond donors (Lipinski definition) is 2. The molecule has 0 radical (unpaired) electrons. The van der Waals surface area contributed by atoms with Gasteiger partial charge < -0.3 is 10.6 Å². The van der Waals surface area contributed by atoms with Gasteiger partial charge in [-0.15, -0.1) is 0 Å². The van der Waals surface area contributed by atoms with Gasteiger partial charge in [0.2, 0.25) is 0 Å². The summed E-state index contributed by atoms with van der Waals surface area (Å²) in [7, 11) is 0. The Morgan fingerprint density at radius 2 is 2.56 bits per heavy atom. The molecule has 3 N–H and O–H groups in total. The van der Waals surface area contributed by atoms with Gasteiger partial charge in [0.15, 0.2) is 0 Å². The summed E-state index contributed by atoms with van der Waals surface area (Å²) >= 11 is 0. The fraction of sp³-hybridized carbons (Fsp3) is 0.636. The highest BCUT2D eigenvalue weighted by Crippen LogP contribution is 2.21. The number of aromatic amines is 1. The molecular weight excluding hydrogens is 204 g/mol. The molecular formula is C11H18N4O. The number of carbonyl (C=O) groups excluding carboxylic acids is 1. The maximum atomic E-state index is 12.1. The largest absolute Gasteiger partial charge is 0.383 e. The van der Waals surface area contributed by atoms with Crippen molar-refractivity contribution in [1.82, 2.24) is 15.1 Å². The minimum atomic E-state index is 0.00407. The summed E-state index contributed by atoms with van der Waals surface area (Å²) in [4.78, 5) is 14.0. The topological polar surface area (TPSA) is 75.0 Å². The van der Waals surface area contributed by atoms with E-state index in [2.05, 4.69) is 17.1 Å². The number of likely N-dealkylation sites (tertiary alicyclic amines) is 1. The maximum absolute atomic E-state index is 12.1. The Hall–Kier alpha value is -1.52. The monoisotopic (exact) mass is 222 g/mol. The van der Waals surface area contributed by atoms with E-state index in [-0.39, 0.29) is 5.91 Å².